The van der Waals surface area contributed by atoms with Crippen molar-refractivity contribution in [2.75, 3.05) is 18.6 Å². The van der Waals surface area contributed by atoms with Gasteiger partial charge in [-0.15, -0.1) is 0 Å². The molecule has 1 N–H and O–H groups in total. The summed E-state index contributed by atoms with van der Waals surface area (Å²) in [4.78, 5) is 6.24. The fourth-order valence-electron chi connectivity index (χ4n) is 2.89. The minimum absolute atomic E-state index is 0.0693. The molecule has 1 aromatic carbocycles. The topological polar surface area (TPSA) is 69.4 Å². The Morgan fingerprint density at radius 1 is 1.36 bits per heavy atom. The maximum atomic E-state index is 10.1. The summed E-state index contributed by atoms with van der Waals surface area (Å²) in [5.41, 5.74) is 2.39. The number of hydrogen-bond acceptors (Lipinski definition) is 5. The highest BCUT2D eigenvalue weighted by molar-refractivity contribution is 5.50. The molecule has 1 aliphatic heterocycles. The zero-order chi connectivity index (χ0) is 15.5. The van der Waals surface area contributed by atoms with Gasteiger partial charge in [-0.1, -0.05) is 12.1 Å². The number of nitriles is 1. The zero-order valence-corrected chi connectivity index (χ0v) is 12.3. The molecule has 2 aromatic rings. The van der Waals surface area contributed by atoms with E-state index in [9.17, 15) is 5.11 Å². The Kier molecular flexibility index (Phi) is 3.94. The first-order valence-corrected chi connectivity index (χ1v) is 7.16. The van der Waals surface area contributed by atoms with Gasteiger partial charge in [0.05, 0.1) is 31.1 Å². The number of rotatable bonds is 3. The van der Waals surface area contributed by atoms with Crippen LogP contribution >= 0.6 is 0 Å². The Morgan fingerprint density at radius 3 is 2.91 bits per heavy atom. The van der Waals surface area contributed by atoms with Crippen molar-refractivity contribution in [1.29, 1.82) is 5.26 Å². The van der Waals surface area contributed by atoms with E-state index in [0.717, 1.165) is 17.0 Å². The first kappa shape index (κ1) is 14.4. The van der Waals surface area contributed by atoms with E-state index in [1.54, 1.807) is 19.4 Å². The minimum Gasteiger partial charge on any atom is -0.497 e. The molecular formula is C17H17N3O2. The number of anilines is 1. The van der Waals surface area contributed by atoms with Crippen molar-refractivity contribution < 1.29 is 9.84 Å². The molecule has 1 aromatic heterocycles. The quantitative estimate of drug-likeness (QED) is 0.940. The molecule has 1 saturated heterocycles. The van der Waals surface area contributed by atoms with Crippen LogP contribution in [0.1, 0.15) is 23.7 Å². The van der Waals surface area contributed by atoms with E-state index in [1.165, 1.54) is 0 Å². The van der Waals surface area contributed by atoms with Gasteiger partial charge in [0.2, 0.25) is 0 Å². The smallest absolute Gasteiger partial charge is 0.140 e. The molecule has 1 fully saturated rings. The minimum atomic E-state index is -0.383. The van der Waals surface area contributed by atoms with Gasteiger partial charge in [-0.25, -0.2) is 4.98 Å². The molecule has 5 nitrogen and oxygen atoms in total. The summed E-state index contributed by atoms with van der Waals surface area (Å²) in [6, 6.07) is 13.5. The second kappa shape index (κ2) is 6.04. The highest BCUT2D eigenvalue weighted by atomic mass is 16.5. The van der Waals surface area contributed by atoms with E-state index in [4.69, 9.17) is 10.00 Å². The number of hydrogen-bond donors (Lipinski definition) is 1. The summed E-state index contributed by atoms with van der Waals surface area (Å²) < 4.78 is 5.28. The van der Waals surface area contributed by atoms with Gasteiger partial charge in [0.15, 0.2) is 0 Å². The second-order valence-corrected chi connectivity index (χ2v) is 5.35. The Balaban J connectivity index is 1.92. The third kappa shape index (κ3) is 2.74. The lowest BCUT2D eigenvalue weighted by Crippen LogP contribution is -2.24. The van der Waals surface area contributed by atoms with Crippen LogP contribution in [-0.2, 0) is 0 Å². The van der Waals surface area contributed by atoms with Crippen LogP contribution in [-0.4, -0.2) is 29.8 Å². The lowest BCUT2D eigenvalue weighted by molar-refractivity contribution is 0.194. The lowest BCUT2D eigenvalue weighted by Gasteiger charge is -2.26. The Bertz CT molecular complexity index is 694. The number of pyridine rings is 1. The van der Waals surface area contributed by atoms with Crippen molar-refractivity contribution in [3.8, 4) is 11.8 Å². The normalized spacial score (nSPS) is 20.7. The molecular weight excluding hydrogens is 278 g/mol. The molecule has 1 aliphatic rings. The van der Waals surface area contributed by atoms with Crippen LogP contribution in [0.5, 0.6) is 5.75 Å². The van der Waals surface area contributed by atoms with Gasteiger partial charge in [-0.05, 0) is 36.2 Å². The van der Waals surface area contributed by atoms with Crippen LogP contribution < -0.4 is 9.64 Å². The average Bonchev–Trinajstić information content (AvgIpc) is 2.97. The first-order chi connectivity index (χ1) is 10.7. The van der Waals surface area contributed by atoms with Gasteiger partial charge in [0.25, 0.3) is 0 Å². The van der Waals surface area contributed by atoms with Crippen molar-refractivity contribution in [2.45, 2.75) is 18.6 Å². The van der Waals surface area contributed by atoms with Gasteiger partial charge < -0.3 is 14.7 Å². The number of aromatic nitrogens is 1. The molecule has 2 heterocycles. The van der Waals surface area contributed by atoms with Gasteiger partial charge in [-0.3, -0.25) is 0 Å². The Hall–Kier alpha value is -2.58. The molecule has 0 amide bonds. The molecule has 0 radical (unpaired) electrons. The van der Waals surface area contributed by atoms with E-state index >= 15 is 0 Å². The molecule has 3 rings (SSSR count). The number of aliphatic hydroxyl groups is 1. The Morgan fingerprint density at radius 2 is 2.23 bits per heavy atom. The SMILES string of the molecule is COc1cccc([C@H]2C[C@@H](O)CN2c2ccc(C#N)nc2)c1. The number of β-amino-alcohol motifs (C(OH)–C–C–N with tert-alkyl or cyclic N) is 1. The molecule has 0 aliphatic carbocycles. The predicted octanol–water partition coefficient (Wildman–Crippen LogP) is 2.27. The molecule has 2 atom stereocenters. The maximum absolute atomic E-state index is 10.1. The van der Waals surface area contributed by atoms with Crippen molar-refractivity contribution in [3.63, 3.8) is 0 Å². The van der Waals surface area contributed by atoms with Crippen LogP contribution in [0.4, 0.5) is 5.69 Å². The largest absolute Gasteiger partial charge is 0.497 e. The predicted molar refractivity (Wildman–Crippen MR) is 82.7 cm³/mol. The van der Waals surface area contributed by atoms with Gasteiger partial charge >= 0.3 is 0 Å². The van der Waals surface area contributed by atoms with Crippen molar-refractivity contribution in [3.05, 3.63) is 53.9 Å². The first-order valence-electron chi connectivity index (χ1n) is 7.16. The van der Waals surface area contributed by atoms with E-state index in [-0.39, 0.29) is 12.1 Å². The number of ether oxygens (including phenoxy) is 1. The summed E-state index contributed by atoms with van der Waals surface area (Å²) in [5.74, 6) is 0.803. The zero-order valence-electron chi connectivity index (χ0n) is 12.3. The average molecular weight is 295 g/mol. The number of benzene rings is 1. The van der Waals surface area contributed by atoms with Crippen molar-refractivity contribution >= 4 is 5.69 Å². The van der Waals surface area contributed by atoms with E-state index in [2.05, 4.69) is 9.88 Å². The molecule has 0 bridgehead atoms. The van der Waals surface area contributed by atoms with E-state index < -0.39 is 0 Å². The number of methoxy groups -OCH3 is 1. The second-order valence-electron chi connectivity index (χ2n) is 5.35. The van der Waals surface area contributed by atoms with Crippen LogP contribution in [0.15, 0.2) is 42.6 Å². The summed E-state index contributed by atoms with van der Waals surface area (Å²) in [7, 11) is 1.64. The van der Waals surface area contributed by atoms with Crippen LogP contribution in [0, 0.1) is 11.3 Å². The summed E-state index contributed by atoms with van der Waals surface area (Å²) in [6.07, 6.45) is 1.96. The van der Waals surface area contributed by atoms with E-state index in [0.29, 0.717) is 18.7 Å². The fourth-order valence-corrected chi connectivity index (χ4v) is 2.89. The maximum Gasteiger partial charge on any atom is 0.140 e. The van der Waals surface area contributed by atoms with Crippen LogP contribution in [0.3, 0.4) is 0 Å². The molecule has 112 valence electrons. The van der Waals surface area contributed by atoms with Crippen molar-refractivity contribution in [2.24, 2.45) is 0 Å². The van der Waals surface area contributed by atoms with Gasteiger partial charge in [0, 0.05) is 6.54 Å². The van der Waals surface area contributed by atoms with E-state index in [1.807, 2.05) is 36.4 Å². The number of aliphatic hydroxyl groups excluding tert-OH is 1. The van der Waals surface area contributed by atoms with Crippen LogP contribution in [0.2, 0.25) is 0 Å². The molecule has 0 saturated carbocycles. The number of nitrogens with zero attached hydrogens (tertiary/aromatic N) is 3. The van der Waals surface area contributed by atoms with Crippen molar-refractivity contribution in [1.82, 2.24) is 4.98 Å². The standard InChI is InChI=1S/C17H17N3O2/c1-22-16-4-2-3-12(7-16)17-8-15(21)11-20(17)14-6-5-13(9-18)19-10-14/h2-7,10,15,17,21H,8,11H2,1H3/t15-,17-/m1/s1. The Labute approximate surface area is 129 Å². The summed E-state index contributed by atoms with van der Waals surface area (Å²) in [6.45, 7) is 0.551. The molecule has 0 spiro atoms. The molecule has 22 heavy (non-hydrogen) atoms. The molecule has 5 heteroatoms. The lowest BCUT2D eigenvalue weighted by atomic mass is 10.0. The van der Waals surface area contributed by atoms with Gasteiger partial charge in [0.1, 0.15) is 17.5 Å². The van der Waals surface area contributed by atoms with Crippen LogP contribution in [0.25, 0.3) is 0 Å². The monoisotopic (exact) mass is 295 g/mol. The summed E-state index contributed by atoms with van der Waals surface area (Å²) in [5, 5.41) is 18.9. The third-order valence-electron chi connectivity index (χ3n) is 3.95. The third-order valence-corrected chi connectivity index (χ3v) is 3.95. The fraction of sp³-hybridized carbons (Fsp3) is 0.294. The van der Waals surface area contributed by atoms with Gasteiger partial charge in [-0.2, -0.15) is 5.26 Å². The highest BCUT2D eigenvalue weighted by Gasteiger charge is 2.32. The molecule has 0 unspecified atom stereocenters. The summed E-state index contributed by atoms with van der Waals surface area (Å²) >= 11 is 0. The highest BCUT2D eigenvalue weighted by Crippen LogP contribution is 2.37.